The summed E-state index contributed by atoms with van der Waals surface area (Å²) in [6.45, 7) is 1.96. The van der Waals surface area contributed by atoms with Gasteiger partial charge in [-0.25, -0.2) is 0 Å². The van der Waals surface area contributed by atoms with Gasteiger partial charge in [0.05, 0.1) is 25.5 Å². The summed E-state index contributed by atoms with van der Waals surface area (Å²) in [5, 5.41) is 41.7. The van der Waals surface area contributed by atoms with E-state index in [4.69, 9.17) is 46.4 Å². The van der Waals surface area contributed by atoms with Crippen molar-refractivity contribution in [3.63, 3.8) is 0 Å². The van der Waals surface area contributed by atoms with Gasteiger partial charge in [-0.2, -0.15) is 0 Å². The van der Waals surface area contributed by atoms with E-state index in [-0.39, 0.29) is 43.1 Å². The summed E-state index contributed by atoms with van der Waals surface area (Å²) in [5.41, 5.74) is 3.97. The summed E-state index contributed by atoms with van der Waals surface area (Å²) in [5.74, 6) is -0.337. The van der Waals surface area contributed by atoms with Crippen LogP contribution in [0.5, 0.6) is 23.0 Å². The van der Waals surface area contributed by atoms with Gasteiger partial charge in [0.2, 0.25) is 0 Å². The number of hydrogen-bond acceptors (Lipinski definition) is 4. The molecule has 202 valence electrons. The molecule has 4 N–H and O–H groups in total. The van der Waals surface area contributed by atoms with Crippen LogP contribution >= 0.6 is 46.4 Å². The number of rotatable bonds is 5. The van der Waals surface area contributed by atoms with Crippen molar-refractivity contribution >= 4 is 46.4 Å². The molecule has 0 spiro atoms. The molecule has 40 heavy (non-hydrogen) atoms. The monoisotopic (exact) mass is 610 g/mol. The lowest BCUT2D eigenvalue weighted by Crippen LogP contribution is -2.32. The van der Waals surface area contributed by atoms with Crippen LogP contribution in [0.1, 0.15) is 27.8 Å². The third-order valence-electron chi connectivity index (χ3n) is 6.98. The molecule has 0 fully saturated rings. The summed E-state index contributed by atoms with van der Waals surface area (Å²) in [4.78, 5) is 0. The minimum Gasteiger partial charge on any atom is -0.506 e. The number of phenols is 4. The third-order valence-corrected chi connectivity index (χ3v) is 8.19. The van der Waals surface area contributed by atoms with E-state index in [1.54, 1.807) is 48.5 Å². The highest BCUT2D eigenvalue weighted by Gasteiger charge is 2.41. The van der Waals surface area contributed by atoms with Gasteiger partial charge in [0.25, 0.3) is 0 Å². The molecule has 0 saturated carbocycles. The summed E-state index contributed by atoms with van der Waals surface area (Å²) in [6, 6.07) is 25.6. The second kappa shape index (κ2) is 10.8. The van der Waals surface area contributed by atoms with Crippen LogP contribution in [0.15, 0.2) is 91.0 Å². The third kappa shape index (κ3) is 4.82. The number of halogens is 4. The topological polar surface area (TPSA) is 80.9 Å². The maximum Gasteiger partial charge on any atom is 0.134 e. The molecule has 4 nitrogen and oxygen atoms in total. The van der Waals surface area contributed by atoms with Crippen molar-refractivity contribution in [2.75, 3.05) is 0 Å². The molecule has 0 atom stereocenters. The molecule has 0 aliphatic heterocycles. The average Bonchev–Trinajstić information content (AvgIpc) is 2.92. The van der Waals surface area contributed by atoms with E-state index >= 15 is 0 Å². The molecule has 0 saturated heterocycles. The smallest absolute Gasteiger partial charge is 0.134 e. The van der Waals surface area contributed by atoms with Crippen molar-refractivity contribution in [2.45, 2.75) is 12.3 Å². The fraction of sp³-hybridized carbons (Fsp3) is 0.0625. The molecule has 5 rings (SSSR count). The van der Waals surface area contributed by atoms with Gasteiger partial charge in [-0.1, -0.05) is 94.4 Å². The van der Waals surface area contributed by atoms with Gasteiger partial charge in [-0.3, -0.25) is 0 Å². The molecule has 0 amide bonds. The van der Waals surface area contributed by atoms with Crippen LogP contribution in [-0.2, 0) is 5.41 Å². The minimum atomic E-state index is -1.20. The molecule has 0 bridgehead atoms. The van der Waals surface area contributed by atoms with Gasteiger partial charge in [-0.05, 0) is 88.8 Å². The van der Waals surface area contributed by atoms with Gasteiger partial charge in [-0.15, -0.1) is 0 Å². The number of phenolic OH excluding ortho intramolecular Hbond substituents is 4. The second-order valence-corrected chi connectivity index (χ2v) is 11.1. The molecule has 0 aliphatic carbocycles. The molecule has 0 unspecified atom stereocenters. The van der Waals surface area contributed by atoms with Gasteiger partial charge >= 0.3 is 0 Å². The van der Waals surface area contributed by atoms with E-state index in [1.165, 1.54) is 24.3 Å². The van der Waals surface area contributed by atoms with Gasteiger partial charge in [0.15, 0.2) is 0 Å². The molecule has 5 aromatic rings. The van der Waals surface area contributed by atoms with Crippen molar-refractivity contribution in [3.8, 4) is 34.1 Å². The van der Waals surface area contributed by atoms with Crippen LogP contribution in [-0.4, -0.2) is 20.4 Å². The first-order chi connectivity index (χ1) is 19.0. The number of benzene rings is 5. The van der Waals surface area contributed by atoms with Crippen LogP contribution in [0.25, 0.3) is 11.1 Å². The lowest BCUT2D eigenvalue weighted by molar-refractivity contribution is 0.474. The normalized spacial score (nSPS) is 11.5. The molecule has 0 aromatic heterocycles. The van der Waals surface area contributed by atoms with E-state index in [0.717, 1.165) is 22.3 Å². The molecule has 5 aromatic carbocycles. The van der Waals surface area contributed by atoms with E-state index < -0.39 is 5.41 Å². The maximum atomic E-state index is 10.3. The van der Waals surface area contributed by atoms with Crippen LogP contribution in [0, 0.1) is 6.92 Å². The Morgan fingerprint density at radius 2 is 0.875 bits per heavy atom. The highest BCUT2D eigenvalue weighted by molar-refractivity contribution is 6.33. The Labute approximate surface area is 251 Å². The van der Waals surface area contributed by atoms with Crippen molar-refractivity contribution in [3.05, 3.63) is 139 Å². The first-order valence-electron chi connectivity index (χ1n) is 12.1. The standard InChI is InChI=1S/C32H22Cl4O4/c1-17-2-7-23(22(12-17)18-3-8-28(37)24(33)13-18)32(19-4-9-29(38)25(34)14-19,20-5-10-30(39)26(35)15-20)21-6-11-31(40)27(36)16-21/h2-16,37-40H,1H3. The van der Waals surface area contributed by atoms with Crippen molar-refractivity contribution in [1.29, 1.82) is 0 Å². The highest BCUT2D eigenvalue weighted by Crippen LogP contribution is 2.52. The van der Waals surface area contributed by atoms with E-state index in [1.807, 2.05) is 25.1 Å². The van der Waals surface area contributed by atoms with Crippen molar-refractivity contribution in [1.82, 2.24) is 0 Å². The minimum absolute atomic E-state index is 0.0492. The van der Waals surface area contributed by atoms with Crippen LogP contribution in [0.2, 0.25) is 20.1 Å². The fourth-order valence-electron chi connectivity index (χ4n) is 5.09. The Bertz CT molecular complexity index is 1640. The Balaban J connectivity index is 2.02. The largest absolute Gasteiger partial charge is 0.506 e. The predicted octanol–water partition coefficient (Wildman–Crippen LogP) is 9.48. The first-order valence-corrected chi connectivity index (χ1v) is 13.6. The number of aromatic hydroxyl groups is 4. The summed E-state index contributed by atoms with van der Waals surface area (Å²) < 4.78 is 0. The molecule has 8 heteroatoms. The van der Waals surface area contributed by atoms with E-state index in [9.17, 15) is 20.4 Å². The Kier molecular flexibility index (Phi) is 7.56. The first kappa shape index (κ1) is 28.0. The van der Waals surface area contributed by atoms with Crippen LogP contribution in [0.3, 0.4) is 0 Å². The molecule has 0 heterocycles. The van der Waals surface area contributed by atoms with Gasteiger partial charge in [0.1, 0.15) is 23.0 Å². The lowest BCUT2D eigenvalue weighted by atomic mass is 9.63. The molecule has 0 aliphatic rings. The number of aryl methyl sites for hydroxylation is 1. The molecular weight excluding hydrogens is 590 g/mol. The van der Waals surface area contributed by atoms with Crippen molar-refractivity contribution < 1.29 is 20.4 Å². The SMILES string of the molecule is Cc1ccc(C(c2ccc(O)c(Cl)c2)(c2ccc(O)c(Cl)c2)c2ccc(O)c(Cl)c2)c(-c2ccc(O)c(Cl)c2)c1. The zero-order chi connectivity index (χ0) is 28.8. The van der Waals surface area contributed by atoms with Crippen molar-refractivity contribution in [2.24, 2.45) is 0 Å². The van der Waals surface area contributed by atoms with Gasteiger partial charge in [0, 0.05) is 0 Å². The van der Waals surface area contributed by atoms with E-state index in [2.05, 4.69) is 0 Å². The summed E-state index contributed by atoms with van der Waals surface area (Å²) in [6.07, 6.45) is 0. The fourth-order valence-corrected chi connectivity index (χ4v) is 5.81. The van der Waals surface area contributed by atoms with Gasteiger partial charge < -0.3 is 20.4 Å². The van der Waals surface area contributed by atoms with Crippen LogP contribution < -0.4 is 0 Å². The summed E-state index contributed by atoms with van der Waals surface area (Å²) >= 11 is 25.8. The quantitative estimate of drug-likeness (QED) is 0.149. The Morgan fingerprint density at radius 1 is 0.475 bits per heavy atom. The number of hydrogen-bond donors (Lipinski definition) is 4. The Hall–Kier alpha value is -3.54. The zero-order valence-electron chi connectivity index (χ0n) is 21.0. The lowest BCUT2D eigenvalue weighted by Gasteiger charge is -2.39. The molecular formula is C32H22Cl4O4. The second-order valence-electron chi connectivity index (χ2n) is 9.46. The summed E-state index contributed by atoms with van der Waals surface area (Å²) in [7, 11) is 0. The predicted molar refractivity (Wildman–Crippen MR) is 162 cm³/mol. The van der Waals surface area contributed by atoms with Crippen LogP contribution in [0.4, 0.5) is 0 Å². The maximum absolute atomic E-state index is 10.3. The molecule has 0 radical (unpaired) electrons. The zero-order valence-corrected chi connectivity index (χ0v) is 24.0. The highest BCUT2D eigenvalue weighted by atomic mass is 35.5. The Morgan fingerprint density at radius 3 is 1.27 bits per heavy atom. The average molecular weight is 612 g/mol. The van der Waals surface area contributed by atoms with E-state index in [0.29, 0.717) is 16.7 Å².